The van der Waals surface area contributed by atoms with E-state index in [1.807, 2.05) is 24.4 Å². The molecule has 1 aliphatic heterocycles. The van der Waals surface area contributed by atoms with Gasteiger partial charge in [0.25, 0.3) is 0 Å². The van der Waals surface area contributed by atoms with E-state index in [1.165, 1.54) is 0 Å². The van der Waals surface area contributed by atoms with Crippen molar-refractivity contribution >= 4 is 43.9 Å². The highest BCUT2D eigenvalue weighted by Gasteiger charge is 2.21. The van der Waals surface area contributed by atoms with Crippen molar-refractivity contribution in [3.8, 4) is 0 Å². The normalized spacial score (nSPS) is 15.1. The summed E-state index contributed by atoms with van der Waals surface area (Å²) in [5.74, 6) is 2.04. The lowest BCUT2D eigenvalue weighted by Crippen LogP contribution is -2.47. The first kappa shape index (κ1) is 20.3. The minimum atomic E-state index is -3.29. The fourth-order valence-corrected chi connectivity index (χ4v) is 4.35. The van der Waals surface area contributed by atoms with Crippen molar-refractivity contribution in [1.29, 1.82) is 0 Å². The number of anilines is 4. The zero-order valence-electron chi connectivity index (χ0n) is 17.5. The maximum atomic E-state index is 11.5. The average molecular weight is 429 g/mol. The van der Waals surface area contributed by atoms with Gasteiger partial charge in [0.1, 0.15) is 5.82 Å². The fourth-order valence-electron chi connectivity index (χ4n) is 3.80. The van der Waals surface area contributed by atoms with Gasteiger partial charge in [-0.2, -0.15) is 0 Å². The van der Waals surface area contributed by atoms with Crippen molar-refractivity contribution < 1.29 is 8.42 Å². The third kappa shape index (κ3) is 4.62. The largest absolute Gasteiger partial charge is 0.380 e. The van der Waals surface area contributed by atoms with E-state index in [1.54, 1.807) is 6.07 Å². The van der Waals surface area contributed by atoms with Gasteiger partial charge in [0.2, 0.25) is 10.0 Å². The van der Waals surface area contributed by atoms with Crippen LogP contribution in [0.2, 0.25) is 0 Å². The fraction of sp³-hybridized carbons (Fsp3) is 0.381. The Kier molecular flexibility index (Phi) is 5.46. The Labute approximate surface area is 177 Å². The van der Waals surface area contributed by atoms with Gasteiger partial charge in [-0.05, 0) is 50.2 Å². The van der Waals surface area contributed by atoms with Crippen molar-refractivity contribution in [3.05, 3.63) is 42.6 Å². The second kappa shape index (κ2) is 8.06. The van der Waals surface area contributed by atoms with E-state index < -0.39 is 10.0 Å². The minimum Gasteiger partial charge on any atom is -0.380 e. The molecule has 3 heterocycles. The molecule has 1 aromatic carbocycles. The molecule has 9 heteroatoms. The monoisotopic (exact) mass is 428 g/mol. The summed E-state index contributed by atoms with van der Waals surface area (Å²) >= 11 is 0. The Balaban J connectivity index is 1.47. The number of rotatable bonds is 6. The Morgan fingerprint density at radius 3 is 2.50 bits per heavy atom. The highest BCUT2D eigenvalue weighted by molar-refractivity contribution is 7.92. The number of fused-ring (bicyclic) bond motifs is 1. The summed E-state index contributed by atoms with van der Waals surface area (Å²) in [5.41, 5.74) is 2.62. The van der Waals surface area contributed by atoms with Crippen molar-refractivity contribution in [1.82, 2.24) is 9.97 Å². The summed E-state index contributed by atoms with van der Waals surface area (Å²) in [6, 6.07) is 12.0. The summed E-state index contributed by atoms with van der Waals surface area (Å²) < 4.78 is 25.5. The number of sulfonamides is 1. The van der Waals surface area contributed by atoms with E-state index in [2.05, 4.69) is 55.8 Å². The highest BCUT2D eigenvalue weighted by Crippen LogP contribution is 2.28. The molecule has 3 N–H and O–H groups in total. The summed E-state index contributed by atoms with van der Waals surface area (Å²) in [6.07, 6.45) is 3.00. The SMILES string of the molecule is CC(C)Nc1cccnc1N1CCN(c2cc3cc(NS(C)(=O)=O)ccc3[nH]2)CC1. The average Bonchev–Trinajstić information content (AvgIpc) is 3.10. The second-order valence-electron chi connectivity index (χ2n) is 7.98. The van der Waals surface area contributed by atoms with Crippen LogP contribution in [0.15, 0.2) is 42.6 Å². The molecule has 0 amide bonds. The maximum absolute atomic E-state index is 11.5. The Morgan fingerprint density at radius 2 is 1.80 bits per heavy atom. The number of pyridine rings is 1. The molecule has 1 saturated heterocycles. The zero-order valence-corrected chi connectivity index (χ0v) is 18.3. The molecule has 4 rings (SSSR count). The zero-order chi connectivity index (χ0) is 21.3. The third-order valence-corrected chi connectivity index (χ3v) is 5.67. The molecule has 0 bridgehead atoms. The van der Waals surface area contributed by atoms with Gasteiger partial charge in [0.15, 0.2) is 5.82 Å². The van der Waals surface area contributed by atoms with Gasteiger partial charge in [0, 0.05) is 55.0 Å². The smallest absolute Gasteiger partial charge is 0.229 e. The van der Waals surface area contributed by atoms with Gasteiger partial charge >= 0.3 is 0 Å². The number of piperazine rings is 1. The Hall–Kier alpha value is -2.94. The predicted molar refractivity (Wildman–Crippen MR) is 124 cm³/mol. The van der Waals surface area contributed by atoms with Gasteiger partial charge in [0.05, 0.1) is 11.9 Å². The molecule has 0 aliphatic carbocycles. The molecule has 1 aliphatic rings. The van der Waals surface area contributed by atoms with Crippen molar-refractivity contribution in [2.75, 3.05) is 52.3 Å². The third-order valence-electron chi connectivity index (χ3n) is 5.06. The van der Waals surface area contributed by atoms with Crippen LogP contribution in [-0.2, 0) is 10.0 Å². The molecule has 0 radical (unpaired) electrons. The van der Waals surface area contributed by atoms with Crippen LogP contribution in [0.4, 0.5) is 23.0 Å². The van der Waals surface area contributed by atoms with Crippen LogP contribution in [0.3, 0.4) is 0 Å². The molecule has 0 saturated carbocycles. The van der Waals surface area contributed by atoms with Gasteiger partial charge < -0.3 is 20.1 Å². The molecular formula is C21H28N6O2S. The number of aromatic nitrogens is 2. The molecular weight excluding hydrogens is 400 g/mol. The molecule has 0 atom stereocenters. The van der Waals surface area contributed by atoms with Crippen LogP contribution in [0.5, 0.6) is 0 Å². The van der Waals surface area contributed by atoms with Gasteiger partial charge in [-0.3, -0.25) is 4.72 Å². The van der Waals surface area contributed by atoms with Crippen LogP contribution in [0.1, 0.15) is 13.8 Å². The molecule has 8 nitrogen and oxygen atoms in total. The second-order valence-corrected chi connectivity index (χ2v) is 9.73. The lowest BCUT2D eigenvalue weighted by Gasteiger charge is -2.36. The first-order valence-electron chi connectivity index (χ1n) is 10.1. The summed E-state index contributed by atoms with van der Waals surface area (Å²) in [4.78, 5) is 12.7. The number of hydrogen-bond acceptors (Lipinski definition) is 6. The highest BCUT2D eigenvalue weighted by atomic mass is 32.2. The number of aromatic amines is 1. The van der Waals surface area contributed by atoms with Crippen molar-refractivity contribution in [2.45, 2.75) is 19.9 Å². The molecule has 0 spiro atoms. The first-order chi connectivity index (χ1) is 14.3. The topological polar surface area (TPSA) is 93.4 Å². The van der Waals surface area contributed by atoms with Crippen LogP contribution >= 0.6 is 0 Å². The summed E-state index contributed by atoms with van der Waals surface area (Å²) in [5, 5.41) is 4.46. The van der Waals surface area contributed by atoms with Crippen molar-refractivity contribution in [3.63, 3.8) is 0 Å². The number of nitrogens with zero attached hydrogens (tertiary/aromatic N) is 3. The van der Waals surface area contributed by atoms with E-state index in [-0.39, 0.29) is 0 Å². The van der Waals surface area contributed by atoms with E-state index in [0.717, 1.165) is 60.7 Å². The van der Waals surface area contributed by atoms with E-state index in [0.29, 0.717) is 11.7 Å². The number of H-pyrrole nitrogens is 1. The van der Waals surface area contributed by atoms with Crippen molar-refractivity contribution in [2.24, 2.45) is 0 Å². The van der Waals surface area contributed by atoms with Crippen LogP contribution in [-0.4, -0.2) is 56.9 Å². The van der Waals surface area contributed by atoms with Crippen LogP contribution < -0.4 is 19.8 Å². The van der Waals surface area contributed by atoms with Gasteiger partial charge in [-0.15, -0.1) is 0 Å². The van der Waals surface area contributed by atoms with Crippen LogP contribution in [0.25, 0.3) is 10.9 Å². The molecule has 2 aromatic heterocycles. The van der Waals surface area contributed by atoms with E-state index in [4.69, 9.17) is 0 Å². The summed E-state index contributed by atoms with van der Waals surface area (Å²) in [7, 11) is -3.29. The minimum absolute atomic E-state index is 0.350. The lowest BCUT2D eigenvalue weighted by atomic mass is 10.2. The Morgan fingerprint density at radius 1 is 1.07 bits per heavy atom. The summed E-state index contributed by atoms with van der Waals surface area (Å²) in [6.45, 7) is 7.75. The van der Waals surface area contributed by atoms with Gasteiger partial charge in [-0.25, -0.2) is 13.4 Å². The molecule has 160 valence electrons. The molecule has 3 aromatic rings. The number of nitrogens with one attached hydrogen (secondary N) is 3. The molecule has 1 fully saturated rings. The maximum Gasteiger partial charge on any atom is 0.229 e. The van der Waals surface area contributed by atoms with E-state index >= 15 is 0 Å². The Bertz CT molecular complexity index is 1130. The number of hydrogen-bond donors (Lipinski definition) is 3. The predicted octanol–water partition coefficient (Wildman–Crippen LogP) is 3.08. The van der Waals surface area contributed by atoms with Crippen LogP contribution in [0, 0.1) is 0 Å². The number of benzene rings is 1. The van der Waals surface area contributed by atoms with Gasteiger partial charge in [-0.1, -0.05) is 0 Å². The molecule has 0 unspecified atom stereocenters. The first-order valence-corrected chi connectivity index (χ1v) is 12.0. The molecule has 30 heavy (non-hydrogen) atoms. The quantitative estimate of drug-likeness (QED) is 0.559. The van der Waals surface area contributed by atoms with E-state index in [9.17, 15) is 8.42 Å². The lowest BCUT2D eigenvalue weighted by molar-refractivity contribution is 0.607. The standard InChI is InChI=1S/C21H28N6O2S/c1-15(2)23-19-5-4-8-22-21(19)27-11-9-26(10-12-27)20-14-16-13-17(25-30(3,28)29)6-7-18(16)24-20/h4-8,13-15,23-25H,9-12H2,1-3H3.